The average molecular weight is 158 g/mol. The molecule has 0 aliphatic heterocycles. The highest BCUT2D eigenvalue weighted by Crippen LogP contribution is 2.14. The molecule has 11 heavy (non-hydrogen) atoms. The van der Waals surface area contributed by atoms with Gasteiger partial charge < -0.3 is 5.73 Å². The fourth-order valence-electron chi connectivity index (χ4n) is 1.21. The number of nitrogens with two attached hydrogens (primary N) is 3. The maximum atomic E-state index is 5.57. The van der Waals surface area contributed by atoms with Gasteiger partial charge in [-0.1, -0.05) is 20.3 Å². The Kier molecular flexibility index (Phi) is 4.86. The summed E-state index contributed by atoms with van der Waals surface area (Å²) in [4.78, 5) is 0. The van der Waals surface area contributed by atoms with Crippen molar-refractivity contribution in [1.82, 2.24) is 0 Å². The van der Waals surface area contributed by atoms with Crippen LogP contribution in [-0.2, 0) is 0 Å². The van der Waals surface area contributed by atoms with Crippen molar-refractivity contribution in [3.63, 3.8) is 0 Å². The Balaban J connectivity index is 3.91. The summed E-state index contributed by atoms with van der Waals surface area (Å²) in [6.07, 6.45) is 2.25. The Bertz CT molecular complexity index is 123. The minimum absolute atomic E-state index is 0.250. The van der Waals surface area contributed by atoms with Crippen LogP contribution in [0.15, 0.2) is 0 Å². The van der Waals surface area contributed by atoms with Crippen molar-refractivity contribution in [3.8, 4) is 0 Å². The van der Waals surface area contributed by atoms with Crippen LogP contribution in [0.4, 0.5) is 0 Å². The molecule has 0 heterocycles. The summed E-state index contributed by atoms with van der Waals surface area (Å²) in [5, 5.41) is 5.48. The van der Waals surface area contributed by atoms with E-state index in [1.165, 1.54) is 0 Å². The van der Waals surface area contributed by atoms with Gasteiger partial charge in [-0.2, -0.15) is 0 Å². The molecule has 0 saturated carbocycles. The highest BCUT2D eigenvalue weighted by atomic mass is 14.7. The Morgan fingerprint density at radius 2 is 2.09 bits per heavy atom. The van der Waals surface area contributed by atoms with Crippen LogP contribution < -0.4 is 16.9 Å². The molecular weight excluding hydrogens is 138 g/mol. The molecule has 66 valence electrons. The second kappa shape index (κ2) is 5.13. The minimum Gasteiger partial charge on any atom is -0.330 e. The molecule has 0 radical (unpaired) electrons. The van der Waals surface area contributed by atoms with E-state index < -0.39 is 0 Å². The van der Waals surface area contributed by atoms with Crippen LogP contribution in [0, 0.1) is 11.8 Å². The van der Waals surface area contributed by atoms with Crippen LogP contribution >= 0.6 is 0 Å². The zero-order valence-corrected chi connectivity index (χ0v) is 7.51. The van der Waals surface area contributed by atoms with E-state index in [1.807, 2.05) is 6.92 Å². The fraction of sp³-hybridized carbons (Fsp3) is 0.875. The Hall–Kier alpha value is -0.570. The first kappa shape index (κ1) is 10.4. The first-order valence-corrected chi connectivity index (χ1v) is 4.21. The molecule has 0 aromatic heterocycles. The van der Waals surface area contributed by atoms with Crippen molar-refractivity contribution in [2.75, 3.05) is 6.54 Å². The van der Waals surface area contributed by atoms with Crippen molar-refractivity contribution < 1.29 is 5.41 Å². The molecule has 0 fully saturated rings. The van der Waals surface area contributed by atoms with Crippen LogP contribution in [0.1, 0.15) is 26.7 Å². The molecule has 2 atom stereocenters. The number of rotatable bonds is 5. The number of amidine groups is 1. The maximum absolute atomic E-state index is 5.57. The van der Waals surface area contributed by atoms with Crippen molar-refractivity contribution >= 4 is 5.84 Å². The van der Waals surface area contributed by atoms with Gasteiger partial charge in [0.05, 0.1) is 5.92 Å². The molecule has 0 rings (SSSR count). The standard InChI is InChI=1S/C8H19N3/c1-3-4-7(5-9)6(2)8(10)11/h6-7H,3-5,9H2,1-2H3,(H3,10,11)/p+1. The van der Waals surface area contributed by atoms with Gasteiger partial charge in [0.1, 0.15) is 0 Å². The average Bonchev–Trinajstić information content (AvgIpc) is 1.98. The molecule has 0 aliphatic carbocycles. The maximum Gasteiger partial charge on any atom is 0.241 e. The Morgan fingerprint density at radius 1 is 1.55 bits per heavy atom. The predicted octanol–water partition coefficient (Wildman–Crippen LogP) is -0.886. The Labute approximate surface area is 68.7 Å². The van der Waals surface area contributed by atoms with Gasteiger partial charge in [-0.15, -0.1) is 0 Å². The van der Waals surface area contributed by atoms with Gasteiger partial charge in [-0.05, 0) is 18.9 Å². The van der Waals surface area contributed by atoms with Crippen molar-refractivity contribution in [2.45, 2.75) is 26.7 Å². The van der Waals surface area contributed by atoms with E-state index in [0.29, 0.717) is 18.3 Å². The fourth-order valence-corrected chi connectivity index (χ4v) is 1.21. The van der Waals surface area contributed by atoms with Gasteiger partial charge >= 0.3 is 0 Å². The zero-order valence-electron chi connectivity index (χ0n) is 7.51. The largest absolute Gasteiger partial charge is 0.330 e. The molecule has 2 unspecified atom stereocenters. The van der Waals surface area contributed by atoms with Gasteiger partial charge in [0.25, 0.3) is 0 Å². The van der Waals surface area contributed by atoms with Crippen LogP contribution in [0.3, 0.4) is 0 Å². The van der Waals surface area contributed by atoms with Crippen LogP contribution in [0.5, 0.6) is 0 Å². The van der Waals surface area contributed by atoms with E-state index in [4.69, 9.17) is 16.9 Å². The first-order valence-electron chi connectivity index (χ1n) is 4.21. The molecular formula is C8H20N3+. The van der Waals surface area contributed by atoms with E-state index in [9.17, 15) is 0 Å². The van der Waals surface area contributed by atoms with Crippen LogP contribution in [0.2, 0.25) is 0 Å². The summed E-state index contributed by atoms with van der Waals surface area (Å²) >= 11 is 0. The topological polar surface area (TPSA) is 77.6 Å². The lowest BCUT2D eigenvalue weighted by Gasteiger charge is -2.17. The molecule has 3 nitrogen and oxygen atoms in total. The molecule has 0 saturated heterocycles. The third kappa shape index (κ3) is 3.37. The highest BCUT2D eigenvalue weighted by Gasteiger charge is 2.20. The molecule has 0 amide bonds. The third-order valence-corrected chi connectivity index (χ3v) is 2.20. The van der Waals surface area contributed by atoms with Crippen LogP contribution in [0.25, 0.3) is 0 Å². The SMILES string of the molecule is CCCC(CN)C(C)C(N)=[NH2+]. The van der Waals surface area contributed by atoms with E-state index in [1.54, 1.807) is 0 Å². The van der Waals surface area contributed by atoms with Gasteiger partial charge in [0, 0.05) is 0 Å². The van der Waals surface area contributed by atoms with Crippen molar-refractivity contribution in [2.24, 2.45) is 23.3 Å². The first-order chi connectivity index (χ1) is 5.13. The summed E-state index contributed by atoms with van der Waals surface area (Å²) in [5.41, 5.74) is 11.1. The third-order valence-electron chi connectivity index (χ3n) is 2.20. The molecule has 0 spiro atoms. The lowest BCUT2D eigenvalue weighted by Crippen LogP contribution is -2.52. The molecule has 0 aliphatic rings. The van der Waals surface area contributed by atoms with E-state index >= 15 is 0 Å². The van der Waals surface area contributed by atoms with Gasteiger partial charge in [0.2, 0.25) is 5.84 Å². The molecule has 0 bridgehead atoms. The van der Waals surface area contributed by atoms with Crippen LogP contribution in [-0.4, -0.2) is 12.4 Å². The highest BCUT2D eigenvalue weighted by molar-refractivity contribution is 5.76. The summed E-state index contributed by atoms with van der Waals surface area (Å²) in [6, 6.07) is 0. The summed E-state index contributed by atoms with van der Waals surface area (Å²) in [7, 11) is 0. The number of hydrogen-bond donors (Lipinski definition) is 3. The summed E-state index contributed by atoms with van der Waals surface area (Å²) < 4.78 is 0. The van der Waals surface area contributed by atoms with E-state index in [2.05, 4.69) is 6.92 Å². The smallest absolute Gasteiger partial charge is 0.241 e. The predicted molar refractivity (Wildman–Crippen MR) is 47.7 cm³/mol. The van der Waals surface area contributed by atoms with Gasteiger partial charge in [0.15, 0.2) is 0 Å². The van der Waals surface area contributed by atoms with E-state index in [-0.39, 0.29) is 5.92 Å². The Morgan fingerprint density at radius 3 is 2.36 bits per heavy atom. The minimum atomic E-state index is 0.250. The molecule has 0 aromatic rings. The monoisotopic (exact) mass is 158 g/mol. The van der Waals surface area contributed by atoms with E-state index in [0.717, 1.165) is 12.8 Å². The van der Waals surface area contributed by atoms with Gasteiger partial charge in [-0.25, -0.2) is 0 Å². The normalized spacial score (nSPS) is 15.9. The van der Waals surface area contributed by atoms with Crippen molar-refractivity contribution in [1.29, 1.82) is 0 Å². The quantitative estimate of drug-likeness (QED) is 0.359. The van der Waals surface area contributed by atoms with Crippen molar-refractivity contribution in [3.05, 3.63) is 0 Å². The lowest BCUT2D eigenvalue weighted by atomic mass is 9.89. The van der Waals surface area contributed by atoms with Gasteiger partial charge in [-0.3, -0.25) is 11.1 Å². The second-order valence-corrected chi connectivity index (χ2v) is 3.07. The number of hydrogen-bond acceptors (Lipinski definition) is 1. The lowest BCUT2D eigenvalue weighted by molar-refractivity contribution is -0.122. The molecule has 3 heteroatoms. The molecule has 0 aromatic carbocycles. The summed E-state index contributed by atoms with van der Waals surface area (Å²) in [6.45, 7) is 4.84. The summed E-state index contributed by atoms with van der Waals surface area (Å²) in [5.74, 6) is 1.21. The zero-order chi connectivity index (χ0) is 8.85. The molecule has 6 N–H and O–H groups in total. The second-order valence-electron chi connectivity index (χ2n) is 3.07.